The Morgan fingerprint density at radius 2 is 1.91 bits per heavy atom. The first-order chi connectivity index (χ1) is 10.7. The summed E-state index contributed by atoms with van der Waals surface area (Å²) in [7, 11) is 0. The van der Waals surface area contributed by atoms with Crippen molar-refractivity contribution in [2.75, 3.05) is 32.7 Å². The van der Waals surface area contributed by atoms with Gasteiger partial charge in [0.25, 0.3) is 0 Å². The highest BCUT2D eigenvalue weighted by molar-refractivity contribution is 5.68. The van der Waals surface area contributed by atoms with Crippen LogP contribution in [0.2, 0.25) is 0 Å². The van der Waals surface area contributed by atoms with Crippen LogP contribution in [0.5, 0.6) is 0 Å². The molecule has 2 aliphatic rings. The van der Waals surface area contributed by atoms with E-state index in [2.05, 4.69) is 10.2 Å². The minimum atomic E-state index is -0.727. The lowest BCUT2D eigenvalue weighted by Crippen LogP contribution is -2.64. The Labute approximate surface area is 136 Å². The minimum absolute atomic E-state index is 0.0296. The smallest absolute Gasteiger partial charge is 0.410 e. The third kappa shape index (κ3) is 4.76. The number of nitro groups is 1. The van der Waals surface area contributed by atoms with Crippen molar-refractivity contribution in [3.05, 3.63) is 10.1 Å². The Bertz CT molecular complexity index is 445. The number of rotatable bonds is 2. The molecule has 23 heavy (non-hydrogen) atoms. The third-order valence-electron chi connectivity index (χ3n) is 4.23. The molecule has 0 saturated carbocycles. The van der Waals surface area contributed by atoms with Gasteiger partial charge < -0.3 is 15.4 Å². The van der Waals surface area contributed by atoms with Crippen LogP contribution in [0.1, 0.15) is 27.2 Å². The van der Waals surface area contributed by atoms with Gasteiger partial charge in [-0.15, -0.1) is 0 Å². The molecular formula is C14H27N5O4. The van der Waals surface area contributed by atoms with Crippen molar-refractivity contribution in [2.45, 2.75) is 51.0 Å². The first kappa shape index (κ1) is 17.9. The van der Waals surface area contributed by atoms with Gasteiger partial charge in [-0.3, -0.25) is 20.3 Å². The van der Waals surface area contributed by atoms with Crippen molar-refractivity contribution < 1.29 is 14.5 Å². The molecule has 0 aromatic rings. The van der Waals surface area contributed by atoms with Crippen LogP contribution in [0, 0.1) is 10.1 Å². The van der Waals surface area contributed by atoms with E-state index in [1.165, 1.54) is 0 Å². The summed E-state index contributed by atoms with van der Waals surface area (Å²) in [6.45, 7) is 8.40. The van der Waals surface area contributed by atoms with Gasteiger partial charge in [-0.2, -0.15) is 0 Å². The Morgan fingerprint density at radius 1 is 1.30 bits per heavy atom. The van der Waals surface area contributed by atoms with Crippen LogP contribution in [0.25, 0.3) is 0 Å². The molecule has 9 nitrogen and oxygen atoms in total. The zero-order valence-electron chi connectivity index (χ0n) is 14.0. The lowest BCUT2D eigenvalue weighted by molar-refractivity contribution is -0.526. The number of nitrogens with two attached hydrogens (primary N) is 1. The van der Waals surface area contributed by atoms with E-state index < -0.39 is 17.7 Å². The number of nitrogens with zero attached hydrogens (tertiary/aromatic N) is 3. The topological polar surface area (TPSA) is 114 Å². The monoisotopic (exact) mass is 329 g/mol. The van der Waals surface area contributed by atoms with Gasteiger partial charge in [0.05, 0.1) is 18.8 Å². The van der Waals surface area contributed by atoms with E-state index in [-0.39, 0.29) is 23.7 Å². The maximum Gasteiger partial charge on any atom is 0.410 e. The maximum atomic E-state index is 12.0. The number of amides is 1. The van der Waals surface area contributed by atoms with E-state index in [1.807, 2.05) is 20.8 Å². The van der Waals surface area contributed by atoms with Gasteiger partial charge >= 0.3 is 6.09 Å². The van der Waals surface area contributed by atoms with Gasteiger partial charge in [0.15, 0.2) is 0 Å². The van der Waals surface area contributed by atoms with Crippen LogP contribution >= 0.6 is 0 Å². The molecule has 2 fully saturated rings. The largest absolute Gasteiger partial charge is 0.444 e. The first-order valence-corrected chi connectivity index (χ1v) is 8.02. The predicted molar refractivity (Wildman–Crippen MR) is 84.5 cm³/mol. The lowest BCUT2D eigenvalue weighted by Gasteiger charge is -2.42. The Morgan fingerprint density at radius 3 is 2.39 bits per heavy atom. The van der Waals surface area contributed by atoms with Gasteiger partial charge in [0.1, 0.15) is 5.60 Å². The summed E-state index contributed by atoms with van der Waals surface area (Å²) in [5.41, 5.74) is 5.43. The summed E-state index contributed by atoms with van der Waals surface area (Å²) in [6.07, 6.45) is 0.277. The average Bonchev–Trinajstić information content (AvgIpc) is 2.45. The molecule has 0 radical (unpaired) electrons. The van der Waals surface area contributed by atoms with E-state index >= 15 is 0 Å². The molecular weight excluding hydrogens is 302 g/mol. The molecule has 2 aliphatic heterocycles. The number of hydrogen-bond donors (Lipinski definition) is 2. The van der Waals surface area contributed by atoms with Crippen LogP contribution in [0.15, 0.2) is 0 Å². The van der Waals surface area contributed by atoms with E-state index in [1.54, 1.807) is 4.90 Å². The molecule has 0 spiro atoms. The standard InChI is InChI=1S/C14H27N5O4/c1-14(2,3)23-13(20)18-6-4-17(5-7-18)12-8-10(15)11(9-16-12)19(21)22/h10-12,16H,4-9,15H2,1-3H3. The molecule has 2 rings (SSSR count). The summed E-state index contributed by atoms with van der Waals surface area (Å²) in [5, 5.41) is 14.1. The second kappa shape index (κ2) is 6.98. The highest BCUT2D eigenvalue weighted by Crippen LogP contribution is 2.17. The molecule has 0 bridgehead atoms. The summed E-state index contributed by atoms with van der Waals surface area (Å²) in [4.78, 5) is 26.5. The normalized spacial score (nSPS) is 30.1. The Hall–Kier alpha value is -1.45. The van der Waals surface area contributed by atoms with E-state index in [0.29, 0.717) is 32.6 Å². The van der Waals surface area contributed by atoms with Crippen molar-refractivity contribution in [1.29, 1.82) is 0 Å². The first-order valence-electron chi connectivity index (χ1n) is 8.02. The summed E-state index contributed by atoms with van der Waals surface area (Å²) < 4.78 is 5.37. The molecule has 0 aromatic carbocycles. The summed E-state index contributed by atoms with van der Waals surface area (Å²) in [5.74, 6) is 0. The summed E-state index contributed by atoms with van der Waals surface area (Å²) in [6, 6.07) is -1.17. The van der Waals surface area contributed by atoms with Crippen molar-refractivity contribution >= 4 is 6.09 Å². The SMILES string of the molecule is CC(C)(C)OC(=O)N1CCN(C2CC(N)C([N+](=O)[O-])CN2)CC1. The highest BCUT2D eigenvalue weighted by atomic mass is 16.6. The van der Waals surface area contributed by atoms with Crippen molar-refractivity contribution in [3.8, 4) is 0 Å². The predicted octanol–water partition coefficient (Wildman–Crippen LogP) is -0.169. The average molecular weight is 329 g/mol. The molecule has 9 heteroatoms. The van der Waals surface area contributed by atoms with Crippen LogP contribution < -0.4 is 11.1 Å². The number of ether oxygens (including phenoxy) is 1. The van der Waals surface area contributed by atoms with Gasteiger partial charge in [0, 0.05) is 31.1 Å². The minimum Gasteiger partial charge on any atom is -0.444 e. The highest BCUT2D eigenvalue weighted by Gasteiger charge is 2.38. The second-order valence-corrected chi connectivity index (χ2v) is 7.18. The van der Waals surface area contributed by atoms with Crippen molar-refractivity contribution in [1.82, 2.24) is 15.1 Å². The lowest BCUT2D eigenvalue weighted by atomic mass is 9.99. The van der Waals surface area contributed by atoms with E-state index in [4.69, 9.17) is 10.5 Å². The maximum absolute atomic E-state index is 12.0. The van der Waals surface area contributed by atoms with Crippen LogP contribution in [-0.2, 0) is 4.74 Å². The molecule has 0 aliphatic carbocycles. The van der Waals surface area contributed by atoms with Crippen molar-refractivity contribution in [3.63, 3.8) is 0 Å². The fourth-order valence-corrected chi connectivity index (χ4v) is 2.96. The molecule has 3 atom stereocenters. The zero-order valence-corrected chi connectivity index (χ0v) is 14.0. The molecule has 3 unspecified atom stereocenters. The number of carbonyl (C=O) groups is 1. The zero-order chi connectivity index (χ0) is 17.2. The molecule has 2 saturated heterocycles. The number of carbonyl (C=O) groups excluding carboxylic acids is 1. The van der Waals surface area contributed by atoms with Gasteiger partial charge in [-0.05, 0) is 27.2 Å². The number of piperidine rings is 1. The van der Waals surface area contributed by atoms with Gasteiger partial charge in [-0.25, -0.2) is 4.79 Å². The molecule has 1 amide bonds. The molecule has 132 valence electrons. The molecule has 3 N–H and O–H groups in total. The van der Waals surface area contributed by atoms with E-state index in [9.17, 15) is 14.9 Å². The van der Waals surface area contributed by atoms with Gasteiger partial charge in [0.2, 0.25) is 6.04 Å². The van der Waals surface area contributed by atoms with Gasteiger partial charge in [-0.1, -0.05) is 0 Å². The molecule has 0 aromatic heterocycles. The number of piperazine rings is 1. The number of hydrogen-bond acceptors (Lipinski definition) is 7. The van der Waals surface area contributed by atoms with E-state index in [0.717, 1.165) is 0 Å². The Kier molecular flexibility index (Phi) is 5.43. The fraction of sp³-hybridized carbons (Fsp3) is 0.929. The number of nitrogens with one attached hydrogen (secondary N) is 1. The van der Waals surface area contributed by atoms with Crippen LogP contribution in [0.4, 0.5) is 4.79 Å². The molecule has 2 heterocycles. The summed E-state index contributed by atoms with van der Waals surface area (Å²) >= 11 is 0. The van der Waals surface area contributed by atoms with Crippen LogP contribution in [-0.4, -0.2) is 77.4 Å². The second-order valence-electron chi connectivity index (χ2n) is 7.18. The third-order valence-corrected chi connectivity index (χ3v) is 4.23. The van der Waals surface area contributed by atoms with Crippen molar-refractivity contribution in [2.24, 2.45) is 5.73 Å². The van der Waals surface area contributed by atoms with Crippen LogP contribution in [0.3, 0.4) is 0 Å². The Balaban J connectivity index is 1.81. The quantitative estimate of drug-likeness (QED) is 0.534. The fourth-order valence-electron chi connectivity index (χ4n) is 2.96.